The summed E-state index contributed by atoms with van der Waals surface area (Å²) in [7, 11) is 0. The Morgan fingerprint density at radius 3 is 2.06 bits per heavy atom. The predicted octanol–water partition coefficient (Wildman–Crippen LogP) is 4.89. The second-order valence-corrected chi connectivity index (χ2v) is 7.94. The maximum Gasteiger partial charge on any atom is 0.00933 e. The minimum atomic E-state index is 0.794. The number of nitrogens with one attached hydrogen (secondary N) is 1. The van der Waals surface area contributed by atoms with Gasteiger partial charge < -0.3 is 5.32 Å². The summed E-state index contributed by atoms with van der Waals surface area (Å²) in [5.74, 6) is 2.62. The fraction of sp³-hybridized carbons (Fsp3) is 1.00. The number of rotatable bonds is 10. The van der Waals surface area contributed by atoms with Crippen LogP contribution in [0.3, 0.4) is 0 Å². The summed E-state index contributed by atoms with van der Waals surface area (Å²) in [6.45, 7) is 14.2. The Morgan fingerprint density at radius 1 is 0.941 bits per heavy atom. The van der Waals surface area contributed by atoms with E-state index in [1.165, 1.54) is 38.8 Å². The first-order chi connectivity index (χ1) is 7.97. The van der Waals surface area contributed by atoms with E-state index in [-0.39, 0.29) is 0 Å². The van der Waals surface area contributed by atoms with Gasteiger partial charge in [-0.2, -0.15) is 0 Å². The molecule has 2 heteroatoms. The van der Waals surface area contributed by atoms with Crippen LogP contribution in [0.1, 0.15) is 60.3 Å². The largest absolute Gasteiger partial charge is 0.317 e. The summed E-state index contributed by atoms with van der Waals surface area (Å²) in [5.41, 5.74) is 0. The Hall–Kier alpha value is 0.690. The van der Waals surface area contributed by atoms with Gasteiger partial charge in [0.05, 0.1) is 0 Å². The molecule has 104 valence electrons. The lowest BCUT2D eigenvalue weighted by Crippen LogP contribution is -2.21. The zero-order chi connectivity index (χ0) is 13.3. The normalized spacial score (nSPS) is 18.7. The van der Waals surface area contributed by atoms with Crippen molar-refractivity contribution in [3.8, 4) is 0 Å². The van der Waals surface area contributed by atoms with Crippen molar-refractivity contribution in [2.24, 2.45) is 17.8 Å². The van der Waals surface area contributed by atoms with Crippen LogP contribution in [0, 0.1) is 17.8 Å². The van der Waals surface area contributed by atoms with Gasteiger partial charge in [0.1, 0.15) is 0 Å². The summed E-state index contributed by atoms with van der Waals surface area (Å²) in [6, 6.07) is 0. The van der Waals surface area contributed by atoms with Crippen LogP contribution in [-0.2, 0) is 0 Å². The van der Waals surface area contributed by atoms with Crippen LogP contribution in [0.4, 0.5) is 0 Å². The Bertz CT molecular complexity index is 170. The van der Waals surface area contributed by atoms with Gasteiger partial charge in [-0.1, -0.05) is 63.6 Å². The zero-order valence-electron chi connectivity index (χ0n) is 12.4. The third-order valence-electron chi connectivity index (χ3n) is 3.92. The van der Waals surface area contributed by atoms with Crippen LogP contribution < -0.4 is 5.32 Å². The SMILES string of the molecule is CC[C@@H](C)C(C)C[C@@H](C)CCNCCC(C)I. The molecule has 0 bridgehead atoms. The van der Waals surface area contributed by atoms with E-state index in [0.29, 0.717) is 0 Å². The molecular weight excluding hydrogens is 321 g/mol. The minimum Gasteiger partial charge on any atom is -0.317 e. The van der Waals surface area contributed by atoms with Crippen LogP contribution in [0.15, 0.2) is 0 Å². The summed E-state index contributed by atoms with van der Waals surface area (Å²) in [4.78, 5) is 0. The lowest BCUT2D eigenvalue weighted by Gasteiger charge is -2.22. The average molecular weight is 353 g/mol. The van der Waals surface area contributed by atoms with Crippen LogP contribution in [-0.4, -0.2) is 17.0 Å². The Morgan fingerprint density at radius 2 is 1.53 bits per heavy atom. The van der Waals surface area contributed by atoms with E-state index < -0.39 is 0 Å². The van der Waals surface area contributed by atoms with Gasteiger partial charge in [0.2, 0.25) is 0 Å². The van der Waals surface area contributed by atoms with Crippen LogP contribution in [0.25, 0.3) is 0 Å². The highest BCUT2D eigenvalue weighted by Crippen LogP contribution is 2.23. The highest BCUT2D eigenvalue weighted by atomic mass is 127. The summed E-state index contributed by atoms with van der Waals surface area (Å²) in [5, 5.41) is 3.56. The van der Waals surface area contributed by atoms with E-state index in [1.54, 1.807) is 0 Å². The highest BCUT2D eigenvalue weighted by Gasteiger charge is 2.13. The van der Waals surface area contributed by atoms with Gasteiger partial charge in [0.25, 0.3) is 0 Å². The average Bonchev–Trinajstić information content (AvgIpc) is 2.26. The van der Waals surface area contributed by atoms with Crippen molar-refractivity contribution >= 4 is 22.6 Å². The van der Waals surface area contributed by atoms with E-state index in [9.17, 15) is 0 Å². The molecule has 0 heterocycles. The zero-order valence-corrected chi connectivity index (χ0v) is 14.6. The second-order valence-electron chi connectivity index (χ2n) is 5.81. The molecule has 1 N–H and O–H groups in total. The summed E-state index contributed by atoms with van der Waals surface area (Å²) < 4.78 is 0.794. The van der Waals surface area contributed by atoms with E-state index in [0.717, 1.165) is 21.7 Å². The van der Waals surface area contributed by atoms with Crippen molar-refractivity contribution in [2.45, 2.75) is 64.2 Å². The van der Waals surface area contributed by atoms with Crippen LogP contribution in [0.5, 0.6) is 0 Å². The van der Waals surface area contributed by atoms with Crippen molar-refractivity contribution in [3.05, 3.63) is 0 Å². The predicted molar refractivity (Wildman–Crippen MR) is 88.0 cm³/mol. The highest BCUT2D eigenvalue weighted by molar-refractivity contribution is 14.1. The first kappa shape index (κ1) is 17.7. The molecule has 0 radical (unpaired) electrons. The molecule has 0 aromatic rings. The molecule has 2 unspecified atom stereocenters. The summed E-state index contributed by atoms with van der Waals surface area (Å²) in [6.07, 6.45) is 5.33. The fourth-order valence-electron chi connectivity index (χ4n) is 2.16. The van der Waals surface area contributed by atoms with Gasteiger partial charge in [-0.15, -0.1) is 0 Å². The molecule has 0 aromatic carbocycles. The third-order valence-corrected chi connectivity index (χ3v) is 4.55. The van der Waals surface area contributed by atoms with Crippen molar-refractivity contribution < 1.29 is 0 Å². The van der Waals surface area contributed by atoms with Crippen LogP contribution >= 0.6 is 22.6 Å². The quantitative estimate of drug-likeness (QED) is 0.335. The van der Waals surface area contributed by atoms with Crippen LogP contribution in [0.2, 0.25) is 0 Å². The molecule has 0 saturated heterocycles. The summed E-state index contributed by atoms with van der Waals surface area (Å²) >= 11 is 2.49. The smallest absolute Gasteiger partial charge is 0.00933 e. The monoisotopic (exact) mass is 353 g/mol. The molecule has 1 nitrogen and oxygen atoms in total. The van der Waals surface area contributed by atoms with Gasteiger partial charge in [-0.25, -0.2) is 0 Å². The van der Waals surface area contributed by atoms with E-state index >= 15 is 0 Å². The second kappa shape index (κ2) is 10.6. The number of hydrogen-bond acceptors (Lipinski definition) is 1. The van der Waals surface area contributed by atoms with E-state index in [2.05, 4.69) is 62.5 Å². The molecule has 0 aliphatic carbocycles. The Labute approximate surface area is 123 Å². The molecule has 17 heavy (non-hydrogen) atoms. The van der Waals surface area contributed by atoms with Crippen molar-refractivity contribution in [2.75, 3.05) is 13.1 Å². The number of hydrogen-bond donors (Lipinski definition) is 1. The van der Waals surface area contributed by atoms with Gasteiger partial charge in [-0.05, 0) is 50.1 Å². The third kappa shape index (κ3) is 10.3. The molecular formula is C15H32IN. The Balaban J connectivity index is 3.49. The van der Waals surface area contributed by atoms with Gasteiger partial charge in [0, 0.05) is 3.92 Å². The molecule has 0 amide bonds. The van der Waals surface area contributed by atoms with Crippen molar-refractivity contribution in [3.63, 3.8) is 0 Å². The molecule has 0 aliphatic heterocycles. The molecule has 0 aromatic heterocycles. The van der Waals surface area contributed by atoms with Gasteiger partial charge in [0.15, 0.2) is 0 Å². The lowest BCUT2D eigenvalue weighted by atomic mass is 9.85. The Kier molecular flexibility index (Phi) is 11.0. The fourth-order valence-corrected chi connectivity index (χ4v) is 2.47. The van der Waals surface area contributed by atoms with Gasteiger partial charge in [-0.3, -0.25) is 0 Å². The maximum atomic E-state index is 3.56. The van der Waals surface area contributed by atoms with Crippen molar-refractivity contribution in [1.29, 1.82) is 0 Å². The minimum absolute atomic E-state index is 0.794. The van der Waals surface area contributed by atoms with E-state index in [4.69, 9.17) is 0 Å². The molecule has 0 saturated carbocycles. The standard InChI is InChI=1S/C15H32IN/c1-6-13(3)14(4)11-12(2)7-9-17-10-8-15(5)16/h12-15,17H,6-11H2,1-5H3/t12-,13+,14?,15?/m0/s1. The maximum absolute atomic E-state index is 3.56. The molecule has 4 atom stereocenters. The molecule has 0 fully saturated rings. The first-order valence-electron chi connectivity index (χ1n) is 7.32. The van der Waals surface area contributed by atoms with E-state index in [1.807, 2.05) is 0 Å². The lowest BCUT2D eigenvalue weighted by molar-refractivity contribution is 0.297. The molecule has 0 rings (SSSR count). The first-order valence-corrected chi connectivity index (χ1v) is 8.56. The van der Waals surface area contributed by atoms with Gasteiger partial charge >= 0.3 is 0 Å². The topological polar surface area (TPSA) is 12.0 Å². The molecule has 0 aliphatic rings. The number of alkyl halides is 1. The number of halogens is 1. The van der Waals surface area contributed by atoms with Crippen molar-refractivity contribution in [1.82, 2.24) is 5.32 Å². The molecule has 0 spiro atoms.